The number of nitrogens with zero attached hydrogens (tertiary/aromatic N) is 3. The summed E-state index contributed by atoms with van der Waals surface area (Å²) in [5.41, 5.74) is 4.56. The SMILES string of the molecule is Cn1cc(-c2ccc(Cn3cc(C(=O)CC4CCC4)c4c(F)cccc43)cc2)cn1. The second-order valence-electron chi connectivity index (χ2n) is 8.33. The molecular formula is C25H24FN3O. The molecule has 0 saturated heterocycles. The number of aryl methyl sites for hydroxylation is 1. The molecule has 0 unspecified atom stereocenters. The van der Waals surface area contributed by atoms with E-state index in [1.165, 1.54) is 12.5 Å². The zero-order valence-electron chi connectivity index (χ0n) is 17.0. The average Bonchev–Trinajstić information content (AvgIpc) is 3.30. The highest BCUT2D eigenvalue weighted by Crippen LogP contribution is 2.33. The molecule has 1 saturated carbocycles. The van der Waals surface area contributed by atoms with Crippen LogP contribution in [0, 0.1) is 11.7 Å². The van der Waals surface area contributed by atoms with Gasteiger partial charge in [0.25, 0.3) is 0 Å². The summed E-state index contributed by atoms with van der Waals surface area (Å²) >= 11 is 0. The molecule has 0 spiro atoms. The van der Waals surface area contributed by atoms with E-state index in [9.17, 15) is 9.18 Å². The monoisotopic (exact) mass is 401 g/mol. The van der Waals surface area contributed by atoms with E-state index < -0.39 is 0 Å². The third-order valence-corrected chi connectivity index (χ3v) is 6.20. The molecular weight excluding hydrogens is 377 g/mol. The van der Waals surface area contributed by atoms with Gasteiger partial charge in [0.1, 0.15) is 5.82 Å². The normalized spacial score (nSPS) is 14.2. The second-order valence-corrected chi connectivity index (χ2v) is 8.33. The highest BCUT2D eigenvalue weighted by atomic mass is 19.1. The molecule has 30 heavy (non-hydrogen) atoms. The number of benzene rings is 2. The van der Waals surface area contributed by atoms with Crippen molar-refractivity contribution < 1.29 is 9.18 Å². The van der Waals surface area contributed by atoms with Crippen LogP contribution in [0.2, 0.25) is 0 Å². The number of halogens is 1. The van der Waals surface area contributed by atoms with Crippen molar-refractivity contribution in [3.8, 4) is 11.1 Å². The van der Waals surface area contributed by atoms with E-state index in [1.807, 2.05) is 36.3 Å². The number of carbonyl (C=O) groups excluding carboxylic acids is 1. The van der Waals surface area contributed by atoms with Crippen molar-refractivity contribution in [3.63, 3.8) is 0 Å². The van der Waals surface area contributed by atoms with E-state index in [0.717, 1.165) is 35.0 Å². The summed E-state index contributed by atoms with van der Waals surface area (Å²) in [6.45, 7) is 0.587. The van der Waals surface area contributed by atoms with Crippen LogP contribution < -0.4 is 0 Å². The number of carbonyl (C=O) groups is 1. The van der Waals surface area contributed by atoms with Gasteiger partial charge in [-0.25, -0.2) is 4.39 Å². The van der Waals surface area contributed by atoms with Crippen molar-refractivity contribution in [1.82, 2.24) is 14.3 Å². The zero-order valence-corrected chi connectivity index (χ0v) is 17.0. The van der Waals surface area contributed by atoms with Crippen LogP contribution >= 0.6 is 0 Å². The molecule has 4 nitrogen and oxygen atoms in total. The summed E-state index contributed by atoms with van der Waals surface area (Å²) in [6.07, 6.45) is 9.60. The summed E-state index contributed by atoms with van der Waals surface area (Å²) in [6, 6.07) is 13.3. The maximum atomic E-state index is 14.7. The first-order valence-electron chi connectivity index (χ1n) is 10.5. The summed E-state index contributed by atoms with van der Waals surface area (Å²) in [7, 11) is 1.90. The Morgan fingerprint density at radius 1 is 1.10 bits per heavy atom. The largest absolute Gasteiger partial charge is 0.342 e. The Hall–Kier alpha value is -3.21. The zero-order chi connectivity index (χ0) is 20.7. The first kappa shape index (κ1) is 18.8. The topological polar surface area (TPSA) is 39.8 Å². The fourth-order valence-electron chi connectivity index (χ4n) is 4.29. The summed E-state index contributed by atoms with van der Waals surface area (Å²) in [5.74, 6) is 0.193. The van der Waals surface area contributed by atoms with Crippen molar-refractivity contribution >= 4 is 16.7 Å². The van der Waals surface area contributed by atoms with Crippen molar-refractivity contribution in [2.45, 2.75) is 32.2 Å². The summed E-state index contributed by atoms with van der Waals surface area (Å²) in [4.78, 5) is 12.9. The minimum absolute atomic E-state index is 0.0560. The van der Waals surface area contributed by atoms with Crippen LogP contribution in [-0.2, 0) is 13.6 Å². The van der Waals surface area contributed by atoms with E-state index in [2.05, 4.69) is 29.4 Å². The molecule has 0 radical (unpaired) electrons. The second kappa shape index (κ2) is 7.56. The molecule has 0 N–H and O–H groups in total. The lowest BCUT2D eigenvalue weighted by Gasteiger charge is -2.24. The maximum Gasteiger partial charge on any atom is 0.165 e. The van der Waals surface area contributed by atoms with Gasteiger partial charge in [0, 0.05) is 48.9 Å². The number of hydrogen-bond donors (Lipinski definition) is 0. The molecule has 4 aromatic rings. The Morgan fingerprint density at radius 3 is 2.57 bits per heavy atom. The minimum Gasteiger partial charge on any atom is -0.342 e. The molecule has 0 aliphatic heterocycles. The smallest absolute Gasteiger partial charge is 0.165 e. The quantitative estimate of drug-likeness (QED) is 0.395. The van der Waals surface area contributed by atoms with Gasteiger partial charge in [-0.1, -0.05) is 49.6 Å². The van der Waals surface area contributed by atoms with Crippen molar-refractivity contribution in [2.24, 2.45) is 13.0 Å². The molecule has 5 rings (SSSR count). The Bertz CT molecular complexity index is 1220. The van der Waals surface area contributed by atoms with Crippen LogP contribution in [0.4, 0.5) is 4.39 Å². The van der Waals surface area contributed by atoms with E-state index in [4.69, 9.17) is 0 Å². The maximum absolute atomic E-state index is 14.7. The Kier molecular flexibility index (Phi) is 4.74. The van der Waals surface area contributed by atoms with Gasteiger partial charge in [-0.3, -0.25) is 9.48 Å². The van der Waals surface area contributed by atoms with Gasteiger partial charge >= 0.3 is 0 Å². The van der Waals surface area contributed by atoms with E-state index in [1.54, 1.807) is 10.7 Å². The highest BCUT2D eigenvalue weighted by molar-refractivity contribution is 6.08. The molecule has 1 aliphatic carbocycles. The lowest BCUT2D eigenvalue weighted by molar-refractivity contribution is 0.0937. The van der Waals surface area contributed by atoms with Crippen LogP contribution in [0.15, 0.2) is 61.1 Å². The van der Waals surface area contributed by atoms with Gasteiger partial charge in [0.05, 0.1) is 11.7 Å². The van der Waals surface area contributed by atoms with Gasteiger partial charge in [-0.05, 0) is 29.2 Å². The van der Waals surface area contributed by atoms with Crippen molar-refractivity contribution in [2.75, 3.05) is 0 Å². The Balaban J connectivity index is 1.45. The van der Waals surface area contributed by atoms with Gasteiger partial charge in [0.15, 0.2) is 5.78 Å². The summed E-state index contributed by atoms with van der Waals surface area (Å²) in [5, 5.41) is 4.67. The lowest BCUT2D eigenvalue weighted by Crippen LogP contribution is -2.15. The third kappa shape index (κ3) is 3.45. The van der Waals surface area contributed by atoms with Crippen LogP contribution in [-0.4, -0.2) is 20.1 Å². The number of rotatable bonds is 6. The number of ketones is 1. The van der Waals surface area contributed by atoms with Gasteiger partial charge < -0.3 is 4.57 Å². The fraction of sp³-hybridized carbons (Fsp3) is 0.280. The van der Waals surface area contributed by atoms with Gasteiger partial charge in [-0.2, -0.15) is 5.10 Å². The van der Waals surface area contributed by atoms with Crippen LogP contribution in [0.3, 0.4) is 0 Å². The van der Waals surface area contributed by atoms with Crippen LogP contribution in [0.25, 0.3) is 22.0 Å². The molecule has 2 heterocycles. The minimum atomic E-state index is -0.324. The third-order valence-electron chi connectivity index (χ3n) is 6.20. The standard InChI is InChI=1S/C25H24FN3O/c1-28-15-20(13-27-28)19-10-8-18(9-11-19)14-29-16-21(24(30)12-17-4-2-5-17)25-22(26)6-3-7-23(25)29/h3,6-11,13,15-17H,2,4-5,12,14H2,1H3. The predicted molar refractivity (Wildman–Crippen MR) is 116 cm³/mol. The van der Waals surface area contributed by atoms with Gasteiger partial charge in [-0.15, -0.1) is 0 Å². The molecule has 5 heteroatoms. The van der Waals surface area contributed by atoms with E-state index in [-0.39, 0.29) is 11.6 Å². The molecule has 1 aliphatic rings. The van der Waals surface area contributed by atoms with Gasteiger partial charge in [0.2, 0.25) is 0 Å². The lowest BCUT2D eigenvalue weighted by atomic mass is 9.81. The molecule has 2 aromatic heterocycles. The first-order valence-corrected chi connectivity index (χ1v) is 10.5. The Morgan fingerprint density at radius 2 is 1.90 bits per heavy atom. The molecule has 0 bridgehead atoms. The first-order chi connectivity index (χ1) is 14.6. The number of Topliss-reactive ketones (excluding diaryl/α,β-unsaturated/α-hetero) is 1. The average molecular weight is 401 g/mol. The molecule has 0 amide bonds. The summed E-state index contributed by atoms with van der Waals surface area (Å²) < 4.78 is 18.4. The molecule has 2 aromatic carbocycles. The highest BCUT2D eigenvalue weighted by Gasteiger charge is 2.24. The van der Waals surface area contributed by atoms with Crippen molar-refractivity contribution in [1.29, 1.82) is 0 Å². The molecule has 152 valence electrons. The van der Waals surface area contributed by atoms with Crippen molar-refractivity contribution in [3.05, 3.63) is 78.0 Å². The molecule has 0 atom stereocenters. The fourth-order valence-corrected chi connectivity index (χ4v) is 4.29. The predicted octanol–water partition coefficient (Wildman–Crippen LogP) is 5.60. The number of fused-ring (bicyclic) bond motifs is 1. The molecule has 1 fully saturated rings. The van der Waals surface area contributed by atoms with E-state index in [0.29, 0.717) is 29.8 Å². The van der Waals surface area contributed by atoms with Crippen LogP contribution in [0.5, 0.6) is 0 Å². The number of hydrogen-bond acceptors (Lipinski definition) is 2. The van der Waals surface area contributed by atoms with E-state index >= 15 is 0 Å². The Labute approximate surface area is 174 Å². The van der Waals surface area contributed by atoms with Crippen LogP contribution in [0.1, 0.15) is 41.6 Å². The number of aromatic nitrogens is 3.